The third-order valence-corrected chi connectivity index (χ3v) is 3.75. The van der Waals surface area contributed by atoms with Crippen LogP contribution in [0.15, 0.2) is 42.5 Å². The molecule has 0 heterocycles. The van der Waals surface area contributed by atoms with Gasteiger partial charge in [-0.15, -0.1) is 0 Å². The summed E-state index contributed by atoms with van der Waals surface area (Å²) in [6, 6.07) is 13.8. The molecule has 0 bridgehead atoms. The molecule has 0 saturated heterocycles. The van der Waals surface area contributed by atoms with E-state index in [9.17, 15) is 5.11 Å². The summed E-state index contributed by atoms with van der Waals surface area (Å²) in [6.45, 7) is 7.09. The molecule has 130 valence electrons. The highest BCUT2D eigenvalue weighted by Crippen LogP contribution is 2.32. The van der Waals surface area contributed by atoms with E-state index >= 15 is 0 Å². The quantitative estimate of drug-likeness (QED) is 0.777. The lowest BCUT2D eigenvalue weighted by molar-refractivity contribution is 0.173. The van der Waals surface area contributed by atoms with Gasteiger partial charge in [0, 0.05) is 18.7 Å². The van der Waals surface area contributed by atoms with Gasteiger partial charge in [0.15, 0.2) is 11.5 Å². The standard InChI is InChI=1S/C20H27NO3/c1-14(2)24-20-17(6-5-7-19(20)23-4)12-21-13-18(22)16-10-8-15(3)9-11-16/h5-11,14,18,21-22H,12-13H2,1-4H3. The maximum Gasteiger partial charge on any atom is 0.166 e. The van der Waals surface area contributed by atoms with Crippen LogP contribution in [0, 0.1) is 6.92 Å². The smallest absolute Gasteiger partial charge is 0.166 e. The van der Waals surface area contributed by atoms with Gasteiger partial charge in [0.25, 0.3) is 0 Å². The lowest BCUT2D eigenvalue weighted by Crippen LogP contribution is -2.22. The second-order valence-corrected chi connectivity index (χ2v) is 6.17. The van der Waals surface area contributed by atoms with Crippen molar-refractivity contribution in [3.05, 3.63) is 59.2 Å². The van der Waals surface area contributed by atoms with Crippen LogP contribution in [0.25, 0.3) is 0 Å². The predicted octanol–water partition coefficient (Wildman–Crippen LogP) is 3.61. The minimum atomic E-state index is -0.536. The Labute approximate surface area is 144 Å². The first-order chi connectivity index (χ1) is 11.5. The Morgan fingerprint density at radius 1 is 1.08 bits per heavy atom. The molecule has 2 rings (SSSR count). The van der Waals surface area contributed by atoms with E-state index in [0.29, 0.717) is 13.1 Å². The van der Waals surface area contributed by atoms with E-state index in [2.05, 4.69) is 5.32 Å². The normalized spacial score (nSPS) is 12.2. The van der Waals surface area contributed by atoms with Crippen LogP contribution in [0.5, 0.6) is 11.5 Å². The second kappa shape index (κ2) is 8.71. The first-order valence-electron chi connectivity index (χ1n) is 8.29. The Bertz CT molecular complexity index is 638. The monoisotopic (exact) mass is 329 g/mol. The number of aryl methyl sites for hydroxylation is 1. The van der Waals surface area contributed by atoms with Gasteiger partial charge >= 0.3 is 0 Å². The third kappa shape index (κ3) is 4.98. The number of nitrogens with one attached hydrogen (secondary N) is 1. The highest BCUT2D eigenvalue weighted by Gasteiger charge is 2.13. The van der Waals surface area contributed by atoms with Crippen molar-refractivity contribution in [2.75, 3.05) is 13.7 Å². The fraction of sp³-hybridized carbons (Fsp3) is 0.400. The highest BCUT2D eigenvalue weighted by atomic mass is 16.5. The fourth-order valence-electron chi connectivity index (χ4n) is 2.48. The molecule has 2 N–H and O–H groups in total. The molecule has 24 heavy (non-hydrogen) atoms. The summed E-state index contributed by atoms with van der Waals surface area (Å²) in [7, 11) is 1.64. The summed E-state index contributed by atoms with van der Waals surface area (Å²) in [5.74, 6) is 1.48. The summed E-state index contributed by atoms with van der Waals surface area (Å²) in [5.41, 5.74) is 3.11. The summed E-state index contributed by atoms with van der Waals surface area (Å²) in [6.07, 6.45) is -0.469. The number of methoxy groups -OCH3 is 1. The number of hydrogen-bond acceptors (Lipinski definition) is 4. The number of aliphatic hydroxyl groups excluding tert-OH is 1. The predicted molar refractivity (Wildman–Crippen MR) is 96.6 cm³/mol. The molecule has 0 aliphatic rings. The molecule has 1 unspecified atom stereocenters. The zero-order valence-corrected chi connectivity index (χ0v) is 14.9. The van der Waals surface area contributed by atoms with Crippen molar-refractivity contribution in [1.82, 2.24) is 5.32 Å². The van der Waals surface area contributed by atoms with E-state index in [-0.39, 0.29) is 6.10 Å². The molecule has 0 saturated carbocycles. The number of aliphatic hydroxyl groups is 1. The zero-order valence-electron chi connectivity index (χ0n) is 14.9. The molecule has 2 aromatic rings. The average Bonchev–Trinajstić information content (AvgIpc) is 2.56. The topological polar surface area (TPSA) is 50.7 Å². The van der Waals surface area contributed by atoms with Crippen molar-refractivity contribution in [1.29, 1.82) is 0 Å². The van der Waals surface area contributed by atoms with Gasteiger partial charge in [-0.2, -0.15) is 0 Å². The maximum absolute atomic E-state index is 10.3. The van der Waals surface area contributed by atoms with Crippen molar-refractivity contribution in [3.8, 4) is 11.5 Å². The molecule has 2 aromatic carbocycles. The van der Waals surface area contributed by atoms with E-state index < -0.39 is 6.10 Å². The van der Waals surface area contributed by atoms with Crippen molar-refractivity contribution in [3.63, 3.8) is 0 Å². The Morgan fingerprint density at radius 3 is 2.42 bits per heavy atom. The van der Waals surface area contributed by atoms with Crippen LogP contribution in [-0.4, -0.2) is 24.9 Å². The molecule has 0 aliphatic carbocycles. The first kappa shape index (κ1) is 18.3. The number of para-hydroxylation sites is 1. The number of rotatable bonds is 8. The van der Waals surface area contributed by atoms with Crippen LogP contribution >= 0.6 is 0 Å². The van der Waals surface area contributed by atoms with Crippen molar-refractivity contribution >= 4 is 0 Å². The molecule has 0 radical (unpaired) electrons. The Hall–Kier alpha value is -2.04. The Balaban J connectivity index is 1.99. The first-order valence-corrected chi connectivity index (χ1v) is 8.29. The maximum atomic E-state index is 10.3. The zero-order chi connectivity index (χ0) is 17.5. The lowest BCUT2D eigenvalue weighted by Gasteiger charge is -2.18. The summed E-state index contributed by atoms with van der Waals surface area (Å²) in [4.78, 5) is 0. The number of ether oxygens (including phenoxy) is 2. The van der Waals surface area contributed by atoms with Crippen molar-refractivity contribution in [2.24, 2.45) is 0 Å². The van der Waals surface area contributed by atoms with Crippen LogP contribution < -0.4 is 14.8 Å². The lowest BCUT2D eigenvalue weighted by atomic mass is 10.1. The van der Waals surface area contributed by atoms with E-state index in [0.717, 1.165) is 22.6 Å². The largest absolute Gasteiger partial charge is 0.493 e. The van der Waals surface area contributed by atoms with Gasteiger partial charge in [-0.25, -0.2) is 0 Å². The summed E-state index contributed by atoms with van der Waals surface area (Å²) < 4.78 is 11.3. The fourth-order valence-corrected chi connectivity index (χ4v) is 2.48. The molecule has 1 atom stereocenters. The van der Waals surface area contributed by atoms with Crippen LogP contribution in [-0.2, 0) is 6.54 Å². The van der Waals surface area contributed by atoms with E-state index in [1.165, 1.54) is 5.56 Å². The van der Waals surface area contributed by atoms with E-state index in [1.807, 2.05) is 63.2 Å². The number of hydrogen-bond donors (Lipinski definition) is 2. The van der Waals surface area contributed by atoms with Crippen LogP contribution in [0.1, 0.15) is 36.6 Å². The minimum Gasteiger partial charge on any atom is -0.493 e. The molecular formula is C20H27NO3. The van der Waals surface area contributed by atoms with Crippen molar-refractivity contribution < 1.29 is 14.6 Å². The molecular weight excluding hydrogens is 302 g/mol. The van der Waals surface area contributed by atoms with Gasteiger partial charge in [0.05, 0.1) is 19.3 Å². The SMILES string of the molecule is COc1cccc(CNCC(O)c2ccc(C)cc2)c1OC(C)C. The molecule has 4 nitrogen and oxygen atoms in total. The van der Waals surface area contributed by atoms with Crippen LogP contribution in [0.3, 0.4) is 0 Å². The van der Waals surface area contributed by atoms with E-state index in [4.69, 9.17) is 9.47 Å². The van der Waals surface area contributed by atoms with Crippen molar-refractivity contribution in [2.45, 2.75) is 39.5 Å². The van der Waals surface area contributed by atoms with Crippen LogP contribution in [0.4, 0.5) is 0 Å². The summed E-state index contributed by atoms with van der Waals surface area (Å²) in [5, 5.41) is 13.6. The summed E-state index contributed by atoms with van der Waals surface area (Å²) >= 11 is 0. The minimum absolute atomic E-state index is 0.0678. The average molecular weight is 329 g/mol. The molecule has 0 amide bonds. The third-order valence-electron chi connectivity index (χ3n) is 3.75. The van der Waals surface area contributed by atoms with Gasteiger partial charge in [-0.1, -0.05) is 42.0 Å². The molecule has 0 fully saturated rings. The van der Waals surface area contributed by atoms with Gasteiger partial charge in [-0.3, -0.25) is 0 Å². The Morgan fingerprint density at radius 2 is 1.79 bits per heavy atom. The molecule has 0 spiro atoms. The van der Waals surface area contributed by atoms with Crippen LogP contribution in [0.2, 0.25) is 0 Å². The molecule has 0 aliphatic heterocycles. The van der Waals surface area contributed by atoms with Gasteiger partial charge in [0.1, 0.15) is 0 Å². The number of benzene rings is 2. The molecule has 4 heteroatoms. The highest BCUT2D eigenvalue weighted by molar-refractivity contribution is 5.46. The van der Waals surface area contributed by atoms with E-state index in [1.54, 1.807) is 7.11 Å². The Kier molecular flexibility index (Phi) is 6.64. The van der Waals surface area contributed by atoms with Gasteiger partial charge in [0.2, 0.25) is 0 Å². The molecule has 0 aromatic heterocycles. The van der Waals surface area contributed by atoms with Gasteiger partial charge in [-0.05, 0) is 32.4 Å². The second-order valence-electron chi connectivity index (χ2n) is 6.17. The van der Waals surface area contributed by atoms with Gasteiger partial charge < -0.3 is 19.9 Å².